The number of carbonyl (C=O) groups excluding carboxylic acids is 1. The molecular formula is C16H16F2N2O2. The zero-order valence-corrected chi connectivity index (χ0v) is 12.0. The average Bonchev–Trinajstić information content (AvgIpc) is 2.49. The molecule has 0 radical (unpaired) electrons. The Bertz CT molecular complexity index is 675. The predicted octanol–water partition coefficient (Wildman–Crippen LogP) is 2.72. The van der Waals surface area contributed by atoms with Crippen LogP contribution in [0, 0.1) is 11.6 Å². The molecule has 0 bridgehead atoms. The first-order valence-corrected chi connectivity index (χ1v) is 6.71. The Balaban J connectivity index is 2.07. The highest BCUT2D eigenvalue weighted by Crippen LogP contribution is 2.27. The van der Waals surface area contributed by atoms with Gasteiger partial charge in [-0.1, -0.05) is 18.2 Å². The van der Waals surface area contributed by atoms with Crippen molar-refractivity contribution in [2.75, 3.05) is 0 Å². The molecule has 2 rings (SSSR count). The first-order chi connectivity index (χ1) is 10.5. The molecule has 1 amide bonds. The van der Waals surface area contributed by atoms with Crippen LogP contribution in [0.3, 0.4) is 0 Å². The van der Waals surface area contributed by atoms with E-state index in [1.165, 1.54) is 30.3 Å². The average molecular weight is 306 g/mol. The summed E-state index contributed by atoms with van der Waals surface area (Å²) >= 11 is 0. The highest BCUT2D eigenvalue weighted by Gasteiger charge is 2.10. The molecule has 0 saturated heterocycles. The maximum Gasteiger partial charge on any atom is 0.236 e. The van der Waals surface area contributed by atoms with E-state index in [4.69, 9.17) is 10.5 Å². The number of hydrogen-bond donors (Lipinski definition) is 2. The van der Waals surface area contributed by atoms with E-state index >= 15 is 0 Å². The second-order valence-electron chi connectivity index (χ2n) is 4.80. The number of rotatable bonds is 5. The Kier molecular flexibility index (Phi) is 5.06. The van der Waals surface area contributed by atoms with Crippen LogP contribution < -0.4 is 15.8 Å². The zero-order chi connectivity index (χ0) is 16.1. The SMILES string of the molecule is C[C@H](N)C(=O)NCc1ccc(Oc2ccccc2F)c(F)c1. The fourth-order valence-electron chi connectivity index (χ4n) is 1.73. The summed E-state index contributed by atoms with van der Waals surface area (Å²) in [5.74, 6) is -1.69. The van der Waals surface area contributed by atoms with Crippen molar-refractivity contribution < 1.29 is 18.3 Å². The number of ether oxygens (including phenoxy) is 1. The van der Waals surface area contributed by atoms with Crippen molar-refractivity contribution in [3.05, 3.63) is 59.7 Å². The molecule has 3 N–H and O–H groups in total. The Morgan fingerprint density at radius 3 is 2.50 bits per heavy atom. The van der Waals surface area contributed by atoms with Crippen molar-refractivity contribution in [2.24, 2.45) is 5.73 Å². The lowest BCUT2D eigenvalue weighted by atomic mass is 10.2. The number of carbonyl (C=O) groups is 1. The molecule has 0 unspecified atom stereocenters. The van der Waals surface area contributed by atoms with Gasteiger partial charge in [0.15, 0.2) is 23.1 Å². The summed E-state index contributed by atoms with van der Waals surface area (Å²) in [6, 6.07) is 9.30. The summed E-state index contributed by atoms with van der Waals surface area (Å²) in [6.07, 6.45) is 0. The Morgan fingerprint density at radius 1 is 1.18 bits per heavy atom. The third kappa shape index (κ3) is 4.02. The van der Waals surface area contributed by atoms with E-state index in [0.29, 0.717) is 5.56 Å². The van der Waals surface area contributed by atoms with Gasteiger partial charge in [-0.25, -0.2) is 8.78 Å². The van der Waals surface area contributed by atoms with Gasteiger partial charge in [0, 0.05) is 6.54 Å². The van der Waals surface area contributed by atoms with Crippen molar-refractivity contribution in [3.8, 4) is 11.5 Å². The van der Waals surface area contributed by atoms with Gasteiger partial charge >= 0.3 is 0 Å². The lowest BCUT2D eigenvalue weighted by Gasteiger charge is -2.10. The second kappa shape index (κ2) is 7.00. The van der Waals surface area contributed by atoms with E-state index in [1.807, 2.05) is 0 Å². The number of hydrogen-bond acceptors (Lipinski definition) is 3. The molecule has 2 aromatic rings. The van der Waals surface area contributed by atoms with Crippen LogP contribution in [0.2, 0.25) is 0 Å². The highest BCUT2D eigenvalue weighted by atomic mass is 19.1. The summed E-state index contributed by atoms with van der Waals surface area (Å²) in [7, 11) is 0. The third-order valence-corrected chi connectivity index (χ3v) is 2.93. The van der Waals surface area contributed by atoms with Gasteiger partial charge in [0.2, 0.25) is 5.91 Å². The first-order valence-electron chi connectivity index (χ1n) is 6.71. The molecular weight excluding hydrogens is 290 g/mol. The molecule has 0 aliphatic carbocycles. The van der Waals surface area contributed by atoms with Gasteiger partial charge < -0.3 is 15.8 Å². The van der Waals surface area contributed by atoms with Crippen LogP contribution in [0.1, 0.15) is 12.5 Å². The molecule has 0 aliphatic heterocycles. The van der Waals surface area contributed by atoms with E-state index < -0.39 is 17.7 Å². The molecule has 4 nitrogen and oxygen atoms in total. The van der Waals surface area contributed by atoms with E-state index in [0.717, 1.165) is 0 Å². The standard InChI is InChI=1S/C16H16F2N2O2/c1-10(19)16(21)20-9-11-6-7-15(13(18)8-11)22-14-5-3-2-4-12(14)17/h2-8,10H,9,19H2,1H3,(H,20,21)/t10-/m0/s1. The van der Waals surface area contributed by atoms with Gasteiger partial charge in [-0.2, -0.15) is 0 Å². The minimum atomic E-state index is -0.643. The molecule has 0 fully saturated rings. The van der Waals surface area contributed by atoms with Crippen LogP contribution >= 0.6 is 0 Å². The highest BCUT2D eigenvalue weighted by molar-refractivity contribution is 5.80. The summed E-state index contributed by atoms with van der Waals surface area (Å²) in [6.45, 7) is 1.71. The van der Waals surface area contributed by atoms with Crippen molar-refractivity contribution in [1.82, 2.24) is 5.32 Å². The molecule has 0 aromatic heterocycles. The summed E-state index contributed by atoms with van der Waals surface area (Å²) in [4.78, 5) is 11.4. The predicted molar refractivity (Wildman–Crippen MR) is 78.4 cm³/mol. The van der Waals surface area contributed by atoms with Crippen molar-refractivity contribution in [3.63, 3.8) is 0 Å². The van der Waals surface area contributed by atoms with Crippen LogP contribution in [0.25, 0.3) is 0 Å². The number of nitrogens with one attached hydrogen (secondary N) is 1. The van der Waals surface area contributed by atoms with Crippen molar-refractivity contribution >= 4 is 5.91 Å². The molecule has 22 heavy (non-hydrogen) atoms. The lowest BCUT2D eigenvalue weighted by molar-refractivity contribution is -0.122. The van der Waals surface area contributed by atoms with E-state index in [2.05, 4.69) is 5.32 Å². The minimum Gasteiger partial charge on any atom is -0.451 e. The van der Waals surface area contributed by atoms with Crippen molar-refractivity contribution in [1.29, 1.82) is 0 Å². The molecule has 0 heterocycles. The number of benzene rings is 2. The molecule has 2 aromatic carbocycles. The fourth-order valence-corrected chi connectivity index (χ4v) is 1.73. The van der Waals surface area contributed by atoms with E-state index in [1.54, 1.807) is 19.1 Å². The Morgan fingerprint density at radius 2 is 1.86 bits per heavy atom. The Hall–Kier alpha value is -2.47. The van der Waals surface area contributed by atoms with Gasteiger partial charge in [0.05, 0.1) is 6.04 Å². The molecule has 0 aliphatic rings. The largest absolute Gasteiger partial charge is 0.451 e. The molecule has 6 heteroatoms. The zero-order valence-electron chi connectivity index (χ0n) is 12.0. The van der Waals surface area contributed by atoms with Crippen LogP contribution in [0.4, 0.5) is 8.78 Å². The smallest absolute Gasteiger partial charge is 0.236 e. The van der Waals surface area contributed by atoms with E-state index in [-0.39, 0.29) is 24.0 Å². The lowest BCUT2D eigenvalue weighted by Crippen LogP contribution is -2.37. The molecule has 0 spiro atoms. The first kappa shape index (κ1) is 15.9. The van der Waals surface area contributed by atoms with Gasteiger partial charge in [-0.3, -0.25) is 4.79 Å². The van der Waals surface area contributed by atoms with Crippen LogP contribution in [-0.2, 0) is 11.3 Å². The molecule has 1 atom stereocenters. The van der Waals surface area contributed by atoms with Crippen molar-refractivity contribution in [2.45, 2.75) is 19.5 Å². The summed E-state index contributed by atoms with van der Waals surface area (Å²) in [5, 5.41) is 2.57. The van der Waals surface area contributed by atoms with Crippen LogP contribution in [-0.4, -0.2) is 11.9 Å². The maximum absolute atomic E-state index is 14.0. The monoisotopic (exact) mass is 306 g/mol. The summed E-state index contributed by atoms with van der Waals surface area (Å²) < 4.78 is 32.6. The maximum atomic E-state index is 14.0. The normalized spacial score (nSPS) is 11.8. The minimum absolute atomic E-state index is 0.0561. The number of nitrogens with two attached hydrogens (primary N) is 1. The van der Waals surface area contributed by atoms with E-state index in [9.17, 15) is 13.6 Å². The Labute approximate surface area is 126 Å². The summed E-state index contributed by atoms with van der Waals surface area (Å²) in [5.41, 5.74) is 5.96. The van der Waals surface area contributed by atoms with Gasteiger partial charge in [0.25, 0.3) is 0 Å². The van der Waals surface area contributed by atoms with Crippen LogP contribution in [0.15, 0.2) is 42.5 Å². The number of para-hydroxylation sites is 1. The van der Waals surface area contributed by atoms with Crippen LogP contribution in [0.5, 0.6) is 11.5 Å². The fraction of sp³-hybridized carbons (Fsp3) is 0.188. The second-order valence-corrected chi connectivity index (χ2v) is 4.80. The molecule has 0 saturated carbocycles. The van der Waals surface area contributed by atoms with Gasteiger partial charge in [-0.05, 0) is 36.8 Å². The topological polar surface area (TPSA) is 64.4 Å². The van der Waals surface area contributed by atoms with Gasteiger partial charge in [-0.15, -0.1) is 0 Å². The molecule has 116 valence electrons. The number of amides is 1. The van der Waals surface area contributed by atoms with Gasteiger partial charge in [0.1, 0.15) is 0 Å². The third-order valence-electron chi connectivity index (χ3n) is 2.93. The number of halogens is 2. The quantitative estimate of drug-likeness (QED) is 0.892.